The van der Waals surface area contributed by atoms with E-state index in [1.165, 1.54) is 0 Å². The van der Waals surface area contributed by atoms with Gasteiger partial charge in [-0.05, 0) is 79.2 Å². The van der Waals surface area contributed by atoms with Crippen molar-refractivity contribution in [2.45, 2.75) is 13.3 Å². The van der Waals surface area contributed by atoms with E-state index < -0.39 is 0 Å². The van der Waals surface area contributed by atoms with Crippen LogP contribution in [-0.2, 0) is 0 Å². The van der Waals surface area contributed by atoms with Crippen molar-refractivity contribution in [3.8, 4) is 17.2 Å². The Morgan fingerprint density at radius 3 is 1.30 bits per heavy atom. The van der Waals surface area contributed by atoms with Gasteiger partial charge in [-0.25, -0.2) is 0 Å². The maximum atomic E-state index is 5.71. The molecule has 0 aliphatic heterocycles. The predicted molar refractivity (Wildman–Crippen MR) is 110 cm³/mol. The Balaban J connectivity index is 1.97. The monoisotopic (exact) mass is 363 g/mol. The highest BCUT2D eigenvalue weighted by Gasteiger charge is 2.13. The Labute approximate surface area is 160 Å². The Hall–Kier alpha value is -3.14. The van der Waals surface area contributed by atoms with Crippen LogP contribution in [0.25, 0.3) is 0 Å². The average Bonchev–Trinajstić information content (AvgIpc) is 2.74. The summed E-state index contributed by atoms with van der Waals surface area (Å²) >= 11 is 0. The van der Waals surface area contributed by atoms with E-state index in [2.05, 4.69) is 24.0 Å². The smallest absolute Gasteiger partial charge is 0.119 e. The molecule has 0 amide bonds. The standard InChI is InChI=1S/C23H25NO3/c1-4-17-27-23-15-9-20(10-16-23)24(18-5-11-21(25-2)12-6-18)19-7-13-22(26-3)14-8-19/h5-16H,4,17H2,1-3H3. The van der Waals surface area contributed by atoms with Gasteiger partial charge in [0.05, 0.1) is 20.8 Å². The molecule has 3 rings (SSSR count). The number of hydrogen-bond donors (Lipinski definition) is 0. The van der Waals surface area contributed by atoms with Crippen LogP contribution in [0.4, 0.5) is 17.1 Å². The first-order chi connectivity index (χ1) is 13.2. The molecular formula is C23H25NO3. The molecule has 0 heterocycles. The van der Waals surface area contributed by atoms with Gasteiger partial charge in [-0.15, -0.1) is 0 Å². The summed E-state index contributed by atoms with van der Waals surface area (Å²) in [6.45, 7) is 2.82. The molecule has 0 aliphatic carbocycles. The molecule has 0 bridgehead atoms. The molecule has 0 spiro atoms. The van der Waals surface area contributed by atoms with Gasteiger partial charge >= 0.3 is 0 Å². The third kappa shape index (κ3) is 4.53. The van der Waals surface area contributed by atoms with E-state index in [9.17, 15) is 0 Å². The summed E-state index contributed by atoms with van der Waals surface area (Å²) in [6.07, 6.45) is 0.992. The summed E-state index contributed by atoms with van der Waals surface area (Å²) in [4.78, 5) is 2.18. The first-order valence-electron chi connectivity index (χ1n) is 9.06. The number of nitrogens with zero attached hydrogens (tertiary/aromatic N) is 1. The highest BCUT2D eigenvalue weighted by atomic mass is 16.5. The zero-order valence-electron chi connectivity index (χ0n) is 16.0. The van der Waals surface area contributed by atoms with Crippen LogP contribution < -0.4 is 19.1 Å². The molecule has 0 atom stereocenters. The number of anilines is 3. The fraction of sp³-hybridized carbons (Fsp3) is 0.217. The number of hydrogen-bond acceptors (Lipinski definition) is 4. The van der Waals surface area contributed by atoms with Gasteiger partial charge in [0.1, 0.15) is 17.2 Å². The van der Waals surface area contributed by atoms with Crippen LogP contribution in [0.15, 0.2) is 72.8 Å². The van der Waals surface area contributed by atoms with Gasteiger partial charge < -0.3 is 19.1 Å². The van der Waals surface area contributed by atoms with Crippen molar-refractivity contribution in [3.05, 3.63) is 72.8 Å². The second-order valence-electron chi connectivity index (χ2n) is 6.07. The maximum Gasteiger partial charge on any atom is 0.119 e. The third-order valence-corrected chi connectivity index (χ3v) is 4.23. The van der Waals surface area contributed by atoms with Crippen LogP contribution in [-0.4, -0.2) is 20.8 Å². The van der Waals surface area contributed by atoms with Crippen LogP contribution in [0.5, 0.6) is 17.2 Å². The molecule has 0 aliphatic rings. The summed E-state index contributed by atoms with van der Waals surface area (Å²) in [5, 5.41) is 0. The molecule has 0 N–H and O–H groups in total. The number of ether oxygens (including phenoxy) is 3. The molecule has 0 fully saturated rings. The van der Waals surface area contributed by atoms with Crippen LogP contribution in [0.2, 0.25) is 0 Å². The lowest BCUT2D eigenvalue weighted by molar-refractivity contribution is 0.317. The molecule has 0 saturated heterocycles. The average molecular weight is 363 g/mol. The zero-order valence-corrected chi connectivity index (χ0v) is 16.0. The summed E-state index contributed by atoms with van der Waals surface area (Å²) in [6, 6.07) is 24.2. The van der Waals surface area contributed by atoms with Gasteiger partial charge in [0, 0.05) is 17.1 Å². The molecule has 0 aromatic heterocycles. The van der Waals surface area contributed by atoms with Crippen LogP contribution in [0, 0.1) is 0 Å². The second-order valence-corrected chi connectivity index (χ2v) is 6.07. The molecule has 3 aromatic carbocycles. The van der Waals surface area contributed by atoms with Gasteiger partial charge in [-0.3, -0.25) is 0 Å². The molecule has 140 valence electrons. The van der Waals surface area contributed by atoms with Crippen molar-refractivity contribution in [1.29, 1.82) is 0 Å². The summed E-state index contributed by atoms with van der Waals surface area (Å²) in [5.74, 6) is 2.54. The highest BCUT2D eigenvalue weighted by Crippen LogP contribution is 2.36. The van der Waals surface area contributed by atoms with E-state index >= 15 is 0 Å². The van der Waals surface area contributed by atoms with E-state index in [4.69, 9.17) is 14.2 Å². The summed E-state index contributed by atoms with van der Waals surface area (Å²) < 4.78 is 16.3. The molecule has 4 heteroatoms. The van der Waals surface area contributed by atoms with Gasteiger partial charge in [-0.1, -0.05) is 6.92 Å². The Kier molecular flexibility index (Phi) is 6.21. The number of methoxy groups -OCH3 is 2. The lowest BCUT2D eigenvalue weighted by Gasteiger charge is -2.26. The van der Waals surface area contributed by atoms with Crippen LogP contribution in [0.3, 0.4) is 0 Å². The minimum atomic E-state index is 0.722. The van der Waals surface area contributed by atoms with Crippen molar-refractivity contribution in [1.82, 2.24) is 0 Å². The maximum absolute atomic E-state index is 5.71. The SMILES string of the molecule is CCCOc1ccc(N(c2ccc(OC)cc2)c2ccc(OC)cc2)cc1. The molecule has 3 aromatic rings. The van der Waals surface area contributed by atoms with Crippen molar-refractivity contribution >= 4 is 17.1 Å². The fourth-order valence-corrected chi connectivity index (χ4v) is 2.82. The van der Waals surface area contributed by atoms with Crippen molar-refractivity contribution in [2.24, 2.45) is 0 Å². The minimum absolute atomic E-state index is 0.722. The minimum Gasteiger partial charge on any atom is -0.497 e. The number of benzene rings is 3. The topological polar surface area (TPSA) is 30.9 Å². The van der Waals surface area contributed by atoms with Crippen LogP contribution in [0.1, 0.15) is 13.3 Å². The number of rotatable bonds is 8. The Morgan fingerprint density at radius 1 is 0.593 bits per heavy atom. The zero-order chi connectivity index (χ0) is 19.1. The van der Waals surface area contributed by atoms with Crippen molar-refractivity contribution in [2.75, 3.05) is 25.7 Å². The predicted octanol–water partition coefficient (Wildman–Crippen LogP) is 5.96. The largest absolute Gasteiger partial charge is 0.497 e. The first kappa shape index (κ1) is 18.6. The first-order valence-corrected chi connectivity index (χ1v) is 9.06. The Bertz CT molecular complexity index is 780. The summed E-state index contributed by atoms with van der Waals surface area (Å²) in [7, 11) is 3.34. The van der Waals surface area contributed by atoms with Gasteiger partial charge in [-0.2, -0.15) is 0 Å². The second kappa shape index (κ2) is 8.99. The molecular weight excluding hydrogens is 338 g/mol. The fourth-order valence-electron chi connectivity index (χ4n) is 2.82. The van der Waals surface area contributed by atoms with E-state index in [-0.39, 0.29) is 0 Å². The molecule has 0 saturated carbocycles. The normalized spacial score (nSPS) is 10.3. The van der Waals surface area contributed by atoms with E-state index in [1.54, 1.807) is 14.2 Å². The summed E-state index contributed by atoms with van der Waals surface area (Å²) in [5.41, 5.74) is 3.14. The lowest BCUT2D eigenvalue weighted by Crippen LogP contribution is -2.10. The molecule has 27 heavy (non-hydrogen) atoms. The third-order valence-electron chi connectivity index (χ3n) is 4.23. The molecule has 0 radical (unpaired) electrons. The highest BCUT2D eigenvalue weighted by molar-refractivity contribution is 5.77. The van der Waals surface area contributed by atoms with Crippen molar-refractivity contribution < 1.29 is 14.2 Å². The van der Waals surface area contributed by atoms with E-state index in [1.807, 2.05) is 60.7 Å². The van der Waals surface area contributed by atoms with E-state index in [0.717, 1.165) is 47.3 Å². The van der Waals surface area contributed by atoms with Gasteiger partial charge in [0.2, 0.25) is 0 Å². The van der Waals surface area contributed by atoms with Crippen molar-refractivity contribution in [3.63, 3.8) is 0 Å². The van der Waals surface area contributed by atoms with Crippen LogP contribution >= 0.6 is 0 Å². The molecule has 4 nitrogen and oxygen atoms in total. The quantitative estimate of drug-likeness (QED) is 0.494. The lowest BCUT2D eigenvalue weighted by atomic mass is 10.2. The van der Waals surface area contributed by atoms with Gasteiger partial charge in [0.25, 0.3) is 0 Å². The Morgan fingerprint density at radius 2 is 0.963 bits per heavy atom. The van der Waals surface area contributed by atoms with Gasteiger partial charge in [0.15, 0.2) is 0 Å². The molecule has 0 unspecified atom stereocenters. The van der Waals surface area contributed by atoms with E-state index in [0.29, 0.717) is 0 Å².